The maximum Gasteiger partial charge on any atom is 0.282 e. The van der Waals surface area contributed by atoms with Gasteiger partial charge in [-0.3, -0.25) is 4.79 Å². The fourth-order valence-electron chi connectivity index (χ4n) is 3.00. The summed E-state index contributed by atoms with van der Waals surface area (Å²) in [5, 5.41) is 4.13. The molecule has 1 aromatic carbocycles. The van der Waals surface area contributed by atoms with E-state index in [0.29, 0.717) is 10.4 Å². The van der Waals surface area contributed by atoms with Crippen LogP contribution < -0.4 is 10.5 Å². The quantitative estimate of drug-likeness (QED) is 0.838. The molecule has 1 aromatic heterocycles. The number of hydrogen-bond acceptors (Lipinski definition) is 3. The van der Waals surface area contributed by atoms with Gasteiger partial charge in [0.15, 0.2) is 0 Å². The molecule has 3 rings (SSSR count). The first-order valence-electron chi connectivity index (χ1n) is 7.10. The fourth-order valence-corrected chi connectivity index (χ4v) is 3.61. The normalized spacial score (nSPS) is 18.2. The van der Waals surface area contributed by atoms with Crippen molar-refractivity contribution >= 4 is 21.6 Å². The maximum absolute atomic E-state index is 12.0. The predicted octanol–water partition coefficient (Wildman–Crippen LogP) is 2.85. The molecule has 2 heterocycles. The van der Waals surface area contributed by atoms with Gasteiger partial charge in [-0.05, 0) is 40.4 Å². The summed E-state index contributed by atoms with van der Waals surface area (Å²) in [5.74, 6) is 0.516. The molecule has 0 radical (unpaired) electrons. The molecule has 0 unspecified atom stereocenters. The van der Waals surface area contributed by atoms with E-state index in [1.165, 1.54) is 15.8 Å². The second-order valence-electron chi connectivity index (χ2n) is 5.56. The van der Waals surface area contributed by atoms with Crippen molar-refractivity contribution in [1.29, 1.82) is 0 Å². The van der Waals surface area contributed by atoms with Gasteiger partial charge in [0, 0.05) is 26.1 Å². The lowest BCUT2D eigenvalue weighted by molar-refractivity contribution is 0.698. The van der Waals surface area contributed by atoms with E-state index in [0.717, 1.165) is 25.2 Å². The van der Waals surface area contributed by atoms with Gasteiger partial charge in [0.1, 0.15) is 4.47 Å². The number of anilines is 1. The van der Waals surface area contributed by atoms with Crippen LogP contribution in [0.5, 0.6) is 0 Å². The van der Waals surface area contributed by atoms with E-state index < -0.39 is 0 Å². The number of aryl methyl sites for hydroxylation is 2. The number of halogens is 1. The standard InChI is InChI=1S/C16H18BrN3O/c1-11-5-3-4-6-13(11)12-7-8-20(10-12)14-9-18-19(2)16(21)15(14)17/h3-6,9,12H,7-8,10H2,1-2H3/t12-/m1/s1. The third kappa shape index (κ3) is 2.62. The summed E-state index contributed by atoms with van der Waals surface area (Å²) < 4.78 is 1.95. The largest absolute Gasteiger partial charge is 0.369 e. The molecule has 110 valence electrons. The van der Waals surface area contributed by atoms with Crippen molar-refractivity contribution < 1.29 is 0 Å². The van der Waals surface area contributed by atoms with Gasteiger partial charge in [-0.2, -0.15) is 5.10 Å². The van der Waals surface area contributed by atoms with E-state index in [1.54, 1.807) is 13.2 Å². The van der Waals surface area contributed by atoms with Crippen LogP contribution in [-0.4, -0.2) is 22.9 Å². The van der Waals surface area contributed by atoms with E-state index in [1.807, 2.05) is 0 Å². The van der Waals surface area contributed by atoms with Crippen molar-refractivity contribution in [2.45, 2.75) is 19.3 Å². The summed E-state index contributed by atoms with van der Waals surface area (Å²) in [6.45, 7) is 4.04. The number of nitrogens with zero attached hydrogens (tertiary/aromatic N) is 3. The van der Waals surface area contributed by atoms with Gasteiger partial charge in [0.05, 0.1) is 11.9 Å². The molecule has 0 amide bonds. The van der Waals surface area contributed by atoms with E-state index >= 15 is 0 Å². The molecule has 1 atom stereocenters. The minimum atomic E-state index is -0.0909. The Hall–Kier alpha value is -1.62. The Morgan fingerprint density at radius 1 is 1.33 bits per heavy atom. The van der Waals surface area contributed by atoms with Crippen LogP contribution in [0.15, 0.2) is 39.7 Å². The van der Waals surface area contributed by atoms with Gasteiger partial charge in [-0.1, -0.05) is 24.3 Å². The second-order valence-corrected chi connectivity index (χ2v) is 6.35. The summed E-state index contributed by atoms with van der Waals surface area (Å²) in [6.07, 6.45) is 2.87. The molecular formula is C16H18BrN3O. The highest BCUT2D eigenvalue weighted by Crippen LogP contribution is 2.33. The van der Waals surface area contributed by atoms with Crippen LogP contribution in [0.25, 0.3) is 0 Å². The van der Waals surface area contributed by atoms with Crippen LogP contribution in [0.1, 0.15) is 23.5 Å². The fraction of sp³-hybridized carbons (Fsp3) is 0.375. The van der Waals surface area contributed by atoms with Crippen LogP contribution in [0.4, 0.5) is 5.69 Å². The zero-order valence-electron chi connectivity index (χ0n) is 12.2. The molecule has 2 aromatic rings. The molecule has 1 aliphatic rings. The van der Waals surface area contributed by atoms with Crippen LogP contribution in [0.3, 0.4) is 0 Å². The van der Waals surface area contributed by atoms with Crippen molar-refractivity contribution in [2.75, 3.05) is 18.0 Å². The molecule has 21 heavy (non-hydrogen) atoms. The molecule has 1 fully saturated rings. The molecule has 0 spiro atoms. The van der Waals surface area contributed by atoms with Crippen molar-refractivity contribution in [3.63, 3.8) is 0 Å². The number of benzene rings is 1. The minimum Gasteiger partial charge on any atom is -0.369 e. The molecule has 1 saturated heterocycles. The van der Waals surface area contributed by atoms with Gasteiger partial charge in [0.2, 0.25) is 0 Å². The monoisotopic (exact) mass is 347 g/mol. The lowest BCUT2D eigenvalue weighted by Gasteiger charge is -2.20. The molecule has 0 N–H and O–H groups in total. The van der Waals surface area contributed by atoms with Crippen molar-refractivity contribution in [1.82, 2.24) is 9.78 Å². The summed E-state index contributed by atoms with van der Waals surface area (Å²) in [5.41, 5.74) is 3.56. The average molecular weight is 348 g/mol. The van der Waals surface area contributed by atoms with E-state index in [-0.39, 0.29) is 5.56 Å². The van der Waals surface area contributed by atoms with E-state index in [4.69, 9.17) is 0 Å². The van der Waals surface area contributed by atoms with Crippen LogP contribution in [0.2, 0.25) is 0 Å². The second kappa shape index (κ2) is 5.64. The van der Waals surface area contributed by atoms with Crippen molar-refractivity contribution in [3.8, 4) is 0 Å². The van der Waals surface area contributed by atoms with Crippen molar-refractivity contribution in [3.05, 3.63) is 56.4 Å². The van der Waals surface area contributed by atoms with Crippen molar-refractivity contribution in [2.24, 2.45) is 7.05 Å². The zero-order valence-corrected chi connectivity index (χ0v) is 13.8. The van der Waals surface area contributed by atoms with Crippen LogP contribution >= 0.6 is 15.9 Å². The molecule has 0 bridgehead atoms. The lowest BCUT2D eigenvalue weighted by Crippen LogP contribution is -2.26. The predicted molar refractivity (Wildman–Crippen MR) is 87.9 cm³/mol. The van der Waals surface area contributed by atoms with E-state index in [9.17, 15) is 4.79 Å². The van der Waals surface area contributed by atoms with Gasteiger partial charge in [0.25, 0.3) is 5.56 Å². The zero-order chi connectivity index (χ0) is 15.0. The molecular weight excluding hydrogens is 330 g/mol. The first-order chi connectivity index (χ1) is 10.1. The first kappa shape index (κ1) is 14.3. The Balaban J connectivity index is 1.87. The highest BCUT2D eigenvalue weighted by atomic mass is 79.9. The third-order valence-electron chi connectivity index (χ3n) is 4.22. The SMILES string of the molecule is Cc1ccccc1[C@@H]1CCN(c2cnn(C)c(=O)c2Br)C1. The van der Waals surface area contributed by atoms with Gasteiger partial charge >= 0.3 is 0 Å². The minimum absolute atomic E-state index is 0.0909. The summed E-state index contributed by atoms with van der Waals surface area (Å²) in [6, 6.07) is 8.54. The summed E-state index contributed by atoms with van der Waals surface area (Å²) >= 11 is 3.42. The maximum atomic E-state index is 12.0. The molecule has 0 aliphatic carbocycles. The Morgan fingerprint density at radius 2 is 2.10 bits per heavy atom. The Kier molecular flexibility index (Phi) is 3.85. The smallest absolute Gasteiger partial charge is 0.282 e. The molecule has 0 saturated carbocycles. The number of aromatic nitrogens is 2. The molecule has 4 nitrogen and oxygen atoms in total. The van der Waals surface area contributed by atoms with Gasteiger partial charge in [-0.25, -0.2) is 4.68 Å². The van der Waals surface area contributed by atoms with Gasteiger partial charge < -0.3 is 4.90 Å². The highest BCUT2D eigenvalue weighted by molar-refractivity contribution is 9.10. The Morgan fingerprint density at radius 3 is 2.86 bits per heavy atom. The molecule has 5 heteroatoms. The first-order valence-corrected chi connectivity index (χ1v) is 7.89. The Labute approximate surface area is 132 Å². The Bertz CT molecular complexity index is 726. The van der Waals surface area contributed by atoms with Gasteiger partial charge in [-0.15, -0.1) is 0 Å². The average Bonchev–Trinajstić information content (AvgIpc) is 2.95. The third-order valence-corrected chi connectivity index (χ3v) is 4.96. The number of hydrogen-bond donors (Lipinski definition) is 0. The molecule has 1 aliphatic heterocycles. The van der Waals surface area contributed by atoms with Crippen LogP contribution in [0, 0.1) is 6.92 Å². The lowest BCUT2D eigenvalue weighted by atomic mass is 9.94. The van der Waals surface area contributed by atoms with Crippen LogP contribution in [-0.2, 0) is 7.05 Å². The summed E-state index contributed by atoms with van der Waals surface area (Å²) in [7, 11) is 1.66. The highest BCUT2D eigenvalue weighted by Gasteiger charge is 2.27. The van der Waals surface area contributed by atoms with E-state index in [2.05, 4.69) is 57.1 Å². The number of rotatable bonds is 2. The topological polar surface area (TPSA) is 38.1 Å². The summed E-state index contributed by atoms with van der Waals surface area (Å²) in [4.78, 5) is 14.2.